The zero-order valence-corrected chi connectivity index (χ0v) is 18.6. The standard InChI is InChI=1S/C24H22F4N6O/c25-21(26)23-31-30-22(35-23)18-6-4-16(5-7-18)14-34-15-20(29-32-34)19-3-1-2-17(12-19)13-33-10-8-24(27,28)9-11-33/h1-7,12,15,21H,8-11,13-14H2. The maximum atomic E-state index is 13.4. The Hall–Kier alpha value is -3.60. The van der Waals surface area contributed by atoms with E-state index in [1.165, 1.54) is 0 Å². The van der Waals surface area contributed by atoms with Gasteiger partial charge in [0.2, 0.25) is 5.89 Å². The van der Waals surface area contributed by atoms with Crippen LogP contribution in [-0.4, -0.2) is 49.1 Å². The predicted octanol–water partition coefficient (Wildman–Crippen LogP) is 5.21. The van der Waals surface area contributed by atoms with Crippen molar-refractivity contribution in [2.24, 2.45) is 0 Å². The molecule has 0 saturated carbocycles. The van der Waals surface area contributed by atoms with Gasteiger partial charge in [-0.25, -0.2) is 13.5 Å². The second kappa shape index (κ2) is 9.57. The quantitative estimate of drug-likeness (QED) is 0.334. The minimum absolute atomic E-state index is 0.0352. The molecular formula is C24H22F4N6O. The van der Waals surface area contributed by atoms with Crippen molar-refractivity contribution in [2.45, 2.75) is 38.3 Å². The second-order valence-corrected chi connectivity index (χ2v) is 8.58. The maximum Gasteiger partial charge on any atom is 0.314 e. The van der Waals surface area contributed by atoms with Crippen LogP contribution >= 0.6 is 0 Å². The third-order valence-corrected chi connectivity index (χ3v) is 5.93. The SMILES string of the molecule is FC(F)c1nnc(-c2ccc(Cn3cc(-c4cccc(CN5CCC(F)(F)CC5)c4)nn3)cc2)o1. The number of halogens is 4. The molecule has 4 aromatic rings. The van der Waals surface area contributed by atoms with E-state index in [4.69, 9.17) is 4.42 Å². The van der Waals surface area contributed by atoms with Crippen LogP contribution in [0.1, 0.15) is 36.3 Å². The van der Waals surface area contributed by atoms with Crippen LogP contribution in [0, 0.1) is 0 Å². The Morgan fingerprint density at radius 2 is 1.66 bits per heavy atom. The minimum atomic E-state index is -2.81. The monoisotopic (exact) mass is 486 g/mol. The average Bonchev–Trinajstić information content (AvgIpc) is 3.52. The smallest absolute Gasteiger partial charge is 0.314 e. The summed E-state index contributed by atoms with van der Waals surface area (Å²) in [5.41, 5.74) is 4.11. The first kappa shape index (κ1) is 23.2. The predicted molar refractivity (Wildman–Crippen MR) is 119 cm³/mol. The molecule has 0 spiro atoms. The van der Waals surface area contributed by atoms with E-state index in [9.17, 15) is 17.6 Å². The third kappa shape index (κ3) is 5.56. The van der Waals surface area contributed by atoms with Crippen molar-refractivity contribution in [3.8, 4) is 22.7 Å². The fraction of sp³-hybridized carbons (Fsp3) is 0.333. The molecule has 2 aromatic heterocycles. The molecule has 182 valence electrons. The summed E-state index contributed by atoms with van der Waals surface area (Å²) in [6.45, 7) is 1.84. The highest BCUT2D eigenvalue weighted by atomic mass is 19.3. The Bertz CT molecular complexity index is 1280. The van der Waals surface area contributed by atoms with E-state index in [1.807, 2.05) is 47.5 Å². The number of piperidine rings is 1. The van der Waals surface area contributed by atoms with Gasteiger partial charge in [-0.15, -0.1) is 15.3 Å². The number of hydrogen-bond donors (Lipinski definition) is 0. The van der Waals surface area contributed by atoms with Crippen LogP contribution < -0.4 is 0 Å². The molecule has 0 unspecified atom stereocenters. The van der Waals surface area contributed by atoms with Crippen molar-refractivity contribution in [1.82, 2.24) is 30.1 Å². The summed E-state index contributed by atoms with van der Waals surface area (Å²) in [5, 5.41) is 15.5. The molecule has 5 rings (SSSR count). The summed E-state index contributed by atoms with van der Waals surface area (Å²) in [5.74, 6) is -3.23. The van der Waals surface area contributed by atoms with Gasteiger partial charge in [0.25, 0.3) is 11.8 Å². The van der Waals surface area contributed by atoms with E-state index >= 15 is 0 Å². The fourth-order valence-electron chi connectivity index (χ4n) is 4.01. The van der Waals surface area contributed by atoms with Gasteiger partial charge < -0.3 is 4.42 Å². The molecule has 3 heterocycles. The second-order valence-electron chi connectivity index (χ2n) is 8.58. The lowest BCUT2D eigenvalue weighted by atomic mass is 10.0. The van der Waals surface area contributed by atoms with Gasteiger partial charge in [-0.05, 0) is 29.3 Å². The molecule has 1 aliphatic heterocycles. The van der Waals surface area contributed by atoms with Crippen LogP contribution in [0.3, 0.4) is 0 Å². The van der Waals surface area contributed by atoms with Crippen LogP contribution in [0.2, 0.25) is 0 Å². The first-order valence-electron chi connectivity index (χ1n) is 11.2. The molecule has 0 aliphatic carbocycles. The number of aromatic nitrogens is 5. The van der Waals surface area contributed by atoms with Crippen molar-refractivity contribution in [2.75, 3.05) is 13.1 Å². The largest absolute Gasteiger partial charge is 0.415 e. The molecule has 0 radical (unpaired) electrons. The van der Waals surface area contributed by atoms with Crippen molar-refractivity contribution in [3.63, 3.8) is 0 Å². The molecule has 1 aliphatic rings. The number of rotatable bonds is 7. The number of alkyl halides is 4. The van der Waals surface area contributed by atoms with E-state index in [-0.39, 0.29) is 18.7 Å². The Kier molecular flexibility index (Phi) is 6.33. The summed E-state index contributed by atoms with van der Waals surface area (Å²) in [6, 6.07) is 14.9. The molecule has 0 atom stereocenters. The average molecular weight is 486 g/mol. The van der Waals surface area contributed by atoms with Gasteiger partial charge in [-0.3, -0.25) is 4.90 Å². The van der Waals surface area contributed by atoms with Gasteiger partial charge in [-0.1, -0.05) is 35.5 Å². The van der Waals surface area contributed by atoms with E-state index in [0.29, 0.717) is 37.4 Å². The summed E-state index contributed by atoms with van der Waals surface area (Å²) < 4.78 is 58.8. The van der Waals surface area contributed by atoms with Crippen LogP contribution in [0.5, 0.6) is 0 Å². The molecule has 1 saturated heterocycles. The maximum absolute atomic E-state index is 13.4. The van der Waals surface area contributed by atoms with Crippen LogP contribution in [-0.2, 0) is 13.1 Å². The highest BCUT2D eigenvalue weighted by Crippen LogP contribution is 2.29. The van der Waals surface area contributed by atoms with Crippen molar-refractivity contribution >= 4 is 0 Å². The Morgan fingerprint density at radius 3 is 2.37 bits per heavy atom. The molecular weight excluding hydrogens is 464 g/mol. The number of benzene rings is 2. The Labute approximate surface area is 198 Å². The number of likely N-dealkylation sites (tertiary alicyclic amines) is 1. The molecule has 2 aromatic carbocycles. The summed E-state index contributed by atoms with van der Waals surface area (Å²) in [6.07, 6.45) is -1.18. The lowest BCUT2D eigenvalue weighted by molar-refractivity contribution is -0.0566. The zero-order valence-electron chi connectivity index (χ0n) is 18.6. The highest BCUT2D eigenvalue weighted by Gasteiger charge is 2.33. The topological polar surface area (TPSA) is 72.9 Å². The number of nitrogens with zero attached hydrogens (tertiary/aromatic N) is 6. The van der Waals surface area contributed by atoms with Crippen LogP contribution in [0.25, 0.3) is 22.7 Å². The lowest BCUT2D eigenvalue weighted by Gasteiger charge is -2.31. The van der Waals surface area contributed by atoms with E-state index < -0.39 is 18.2 Å². The van der Waals surface area contributed by atoms with Gasteiger partial charge in [0.15, 0.2) is 0 Å². The minimum Gasteiger partial charge on any atom is -0.415 e. The molecule has 0 N–H and O–H groups in total. The lowest BCUT2D eigenvalue weighted by Crippen LogP contribution is -2.38. The highest BCUT2D eigenvalue weighted by molar-refractivity contribution is 5.58. The summed E-state index contributed by atoms with van der Waals surface area (Å²) >= 11 is 0. The molecule has 7 nitrogen and oxygen atoms in total. The van der Waals surface area contributed by atoms with Crippen molar-refractivity contribution < 1.29 is 22.0 Å². The Morgan fingerprint density at radius 1 is 0.886 bits per heavy atom. The van der Waals surface area contributed by atoms with E-state index in [1.54, 1.807) is 16.8 Å². The van der Waals surface area contributed by atoms with Gasteiger partial charge in [0, 0.05) is 43.6 Å². The Balaban J connectivity index is 1.23. The van der Waals surface area contributed by atoms with Crippen LogP contribution in [0.4, 0.5) is 17.6 Å². The zero-order chi connectivity index (χ0) is 24.4. The van der Waals surface area contributed by atoms with Gasteiger partial charge >= 0.3 is 6.43 Å². The van der Waals surface area contributed by atoms with Crippen molar-refractivity contribution in [3.05, 3.63) is 71.7 Å². The van der Waals surface area contributed by atoms with Gasteiger partial charge in [0.05, 0.1) is 12.7 Å². The normalized spacial score (nSPS) is 16.1. The van der Waals surface area contributed by atoms with Gasteiger partial charge in [0.1, 0.15) is 5.69 Å². The molecule has 35 heavy (non-hydrogen) atoms. The molecule has 0 amide bonds. The number of hydrogen-bond acceptors (Lipinski definition) is 6. The molecule has 11 heteroatoms. The van der Waals surface area contributed by atoms with E-state index in [2.05, 4.69) is 20.5 Å². The summed E-state index contributed by atoms with van der Waals surface area (Å²) in [4.78, 5) is 2.04. The first-order valence-corrected chi connectivity index (χ1v) is 11.2. The first-order chi connectivity index (χ1) is 16.8. The van der Waals surface area contributed by atoms with Crippen LogP contribution in [0.15, 0.2) is 59.1 Å². The fourth-order valence-corrected chi connectivity index (χ4v) is 4.01. The molecule has 1 fully saturated rings. The molecule has 0 bridgehead atoms. The van der Waals surface area contributed by atoms with Gasteiger partial charge in [-0.2, -0.15) is 8.78 Å². The third-order valence-electron chi connectivity index (χ3n) is 5.93. The van der Waals surface area contributed by atoms with E-state index in [0.717, 1.165) is 16.7 Å². The summed E-state index contributed by atoms with van der Waals surface area (Å²) in [7, 11) is 0. The van der Waals surface area contributed by atoms with Crippen molar-refractivity contribution in [1.29, 1.82) is 0 Å².